The Bertz CT molecular complexity index is 594. The molecule has 0 atom stereocenters. The first kappa shape index (κ1) is 15.8. The summed E-state index contributed by atoms with van der Waals surface area (Å²) < 4.78 is 5.49. The van der Waals surface area contributed by atoms with Gasteiger partial charge in [0, 0.05) is 45.5 Å². The molecule has 1 amide bonds. The number of aromatic nitrogens is 2. The van der Waals surface area contributed by atoms with Gasteiger partial charge in [0.1, 0.15) is 17.8 Å². The van der Waals surface area contributed by atoms with Crippen molar-refractivity contribution in [1.82, 2.24) is 14.9 Å². The Morgan fingerprint density at radius 2 is 1.83 bits per heavy atom. The molecular formula is C18H26N4O2. The maximum atomic E-state index is 12.9. The number of rotatable bonds is 2. The molecule has 6 nitrogen and oxygen atoms in total. The average molecular weight is 330 g/mol. The van der Waals surface area contributed by atoms with E-state index < -0.39 is 0 Å². The van der Waals surface area contributed by atoms with Crippen LogP contribution in [0.25, 0.3) is 0 Å². The Hall–Kier alpha value is -1.69. The van der Waals surface area contributed by atoms with Crippen molar-refractivity contribution < 1.29 is 9.53 Å². The number of amides is 1. The Kier molecular flexibility index (Phi) is 4.39. The van der Waals surface area contributed by atoms with Crippen molar-refractivity contribution in [1.29, 1.82) is 0 Å². The number of anilines is 1. The van der Waals surface area contributed by atoms with Crippen molar-refractivity contribution in [2.45, 2.75) is 38.5 Å². The maximum absolute atomic E-state index is 12.9. The zero-order valence-electron chi connectivity index (χ0n) is 14.2. The summed E-state index contributed by atoms with van der Waals surface area (Å²) >= 11 is 0. The van der Waals surface area contributed by atoms with Crippen LogP contribution in [-0.4, -0.2) is 60.2 Å². The first-order valence-electron chi connectivity index (χ1n) is 9.20. The SMILES string of the molecule is O=C(c1cc(N2CCCCC2)ncn1)N1CCC2(CCOCC2)C1. The molecule has 1 spiro atoms. The second-order valence-corrected chi connectivity index (χ2v) is 7.40. The van der Waals surface area contributed by atoms with Gasteiger partial charge < -0.3 is 14.5 Å². The molecule has 4 rings (SSSR count). The molecule has 130 valence electrons. The maximum Gasteiger partial charge on any atom is 0.272 e. The third-order valence-corrected chi connectivity index (χ3v) is 5.83. The van der Waals surface area contributed by atoms with Crippen LogP contribution in [-0.2, 0) is 4.74 Å². The first-order valence-corrected chi connectivity index (χ1v) is 9.20. The van der Waals surface area contributed by atoms with Gasteiger partial charge in [0.15, 0.2) is 0 Å². The van der Waals surface area contributed by atoms with Gasteiger partial charge in [-0.15, -0.1) is 0 Å². The van der Waals surface area contributed by atoms with Crippen LogP contribution in [0.15, 0.2) is 12.4 Å². The highest BCUT2D eigenvalue weighted by atomic mass is 16.5. The largest absolute Gasteiger partial charge is 0.381 e. The normalized spacial score (nSPS) is 23.7. The summed E-state index contributed by atoms with van der Waals surface area (Å²) in [6.45, 7) is 5.39. The van der Waals surface area contributed by atoms with Gasteiger partial charge in [-0.2, -0.15) is 0 Å². The summed E-state index contributed by atoms with van der Waals surface area (Å²) in [5.74, 6) is 0.951. The summed E-state index contributed by atoms with van der Waals surface area (Å²) in [4.78, 5) is 25.8. The van der Waals surface area contributed by atoms with E-state index in [4.69, 9.17) is 4.74 Å². The molecule has 6 heteroatoms. The van der Waals surface area contributed by atoms with E-state index in [-0.39, 0.29) is 11.3 Å². The Labute approximate surface area is 143 Å². The molecular weight excluding hydrogens is 304 g/mol. The Balaban J connectivity index is 1.46. The van der Waals surface area contributed by atoms with E-state index in [0.29, 0.717) is 5.69 Å². The van der Waals surface area contributed by atoms with Gasteiger partial charge >= 0.3 is 0 Å². The summed E-state index contributed by atoms with van der Waals surface area (Å²) in [6, 6.07) is 1.88. The lowest BCUT2D eigenvalue weighted by molar-refractivity contribution is 0.0190. The molecule has 3 aliphatic heterocycles. The zero-order valence-corrected chi connectivity index (χ0v) is 14.2. The van der Waals surface area contributed by atoms with Crippen LogP contribution < -0.4 is 4.90 Å². The fourth-order valence-electron chi connectivity index (χ4n) is 4.24. The molecule has 4 heterocycles. The van der Waals surface area contributed by atoms with Gasteiger partial charge in [0.25, 0.3) is 5.91 Å². The number of hydrogen-bond donors (Lipinski definition) is 0. The van der Waals surface area contributed by atoms with Crippen LogP contribution >= 0.6 is 0 Å². The molecule has 3 aliphatic rings. The molecule has 1 aromatic heterocycles. The highest BCUT2D eigenvalue weighted by Gasteiger charge is 2.41. The summed E-state index contributed by atoms with van der Waals surface area (Å²) in [5.41, 5.74) is 0.811. The number of likely N-dealkylation sites (tertiary alicyclic amines) is 1. The van der Waals surface area contributed by atoms with Gasteiger partial charge in [-0.3, -0.25) is 4.79 Å². The van der Waals surface area contributed by atoms with Crippen LogP contribution in [0.3, 0.4) is 0 Å². The van der Waals surface area contributed by atoms with E-state index in [1.807, 2.05) is 11.0 Å². The molecule has 1 aromatic rings. The van der Waals surface area contributed by atoms with E-state index in [1.54, 1.807) is 0 Å². The van der Waals surface area contributed by atoms with Crippen LogP contribution in [0, 0.1) is 5.41 Å². The Morgan fingerprint density at radius 1 is 1.04 bits per heavy atom. The third-order valence-electron chi connectivity index (χ3n) is 5.83. The lowest BCUT2D eigenvalue weighted by Crippen LogP contribution is -2.36. The van der Waals surface area contributed by atoms with Crippen molar-refractivity contribution in [2.75, 3.05) is 44.3 Å². The standard InChI is InChI=1S/C18H26N4O2/c23-17(22-9-4-18(13-22)5-10-24-11-6-18)15-12-16(20-14-19-15)21-7-2-1-3-8-21/h12,14H,1-11,13H2. The third kappa shape index (κ3) is 3.11. The van der Waals surface area contributed by atoms with Crippen LogP contribution in [0.2, 0.25) is 0 Å². The predicted molar refractivity (Wildman–Crippen MR) is 91.1 cm³/mol. The van der Waals surface area contributed by atoms with E-state index in [2.05, 4.69) is 14.9 Å². The molecule has 3 saturated heterocycles. The van der Waals surface area contributed by atoms with Crippen molar-refractivity contribution in [2.24, 2.45) is 5.41 Å². The van der Waals surface area contributed by atoms with Crippen molar-refractivity contribution in [3.63, 3.8) is 0 Å². The first-order chi connectivity index (χ1) is 11.8. The van der Waals surface area contributed by atoms with Gasteiger partial charge in [-0.05, 0) is 43.9 Å². The van der Waals surface area contributed by atoms with Crippen LogP contribution in [0.5, 0.6) is 0 Å². The van der Waals surface area contributed by atoms with Crippen molar-refractivity contribution in [3.05, 3.63) is 18.1 Å². The molecule has 0 aromatic carbocycles. The smallest absolute Gasteiger partial charge is 0.272 e. The zero-order chi connectivity index (χ0) is 16.4. The lowest BCUT2D eigenvalue weighted by Gasteiger charge is -2.33. The average Bonchev–Trinajstić information content (AvgIpc) is 3.06. The molecule has 0 aliphatic carbocycles. The van der Waals surface area contributed by atoms with E-state index in [0.717, 1.165) is 64.5 Å². The number of ether oxygens (including phenoxy) is 1. The topological polar surface area (TPSA) is 58.6 Å². The number of carbonyl (C=O) groups excluding carboxylic acids is 1. The molecule has 0 unspecified atom stereocenters. The van der Waals surface area contributed by atoms with Gasteiger partial charge in [0.2, 0.25) is 0 Å². The van der Waals surface area contributed by atoms with E-state index >= 15 is 0 Å². The second-order valence-electron chi connectivity index (χ2n) is 7.40. The summed E-state index contributed by atoms with van der Waals surface area (Å²) in [7, 11) is 0. The summed E-state index contributed by atoms with van der Waals surface area (Å²) in [5, 5.41) is 0. The number of piperidine rings is 1. The number of nitrogens with zero attached hydrogens (tertiary/aromatic N) is 4. The monoisotopic (exact) mass is 330 g/mol. The molecule has 0 bridgehead atoms. The van der Waals surface area contributed by atoms with Crippen molar-refractivity contribution >= 4 is 11.7 Å². The van der Waals surface area contributed by atoms with Gasteiger partial charge in [-0.25, -0.2) is 9.97 Å². The summed E-state index contributed by atoms with van der Waals surface area (Å²) in [6.07, 6.45) is 8.45. The van der Waals surface area contributed by atoms with Crippen LogP contribution in [0.4, 0.5) is 5.82 Å². The van der Waals surface area contributed by atoms with E-state index in [9.17, 15) is 4.79 Å². The minimum atomic E-state index is 0.0547. The Morgan fingerprint density at radius 3 is 2.62 bits per heavy atom. The lowest BCUT2D eigenvalue weighted by atomic mass is 9.80. The number of carbonyl (C=O) groups is 1. The quantitative estimate of drug-likeness (QED) is 0.831. The minimum absolute atomic E-state index is 0.0547. The minimum Gasteiger partial charge on any atom is -0.381 e. The van der Waals surface area contributed by atoms with E-state index in [1.165, 1.54) is 25.6 Å². The fourth-order valence-corrected chi connectivity index (χ4v) is 4.24. The fraction of sp³-hybridized carbons (Fsp3) is 0.722. The number of hydrogen-bond acceptors (Lipinski definition) is 5. The molecule has 0 N–H and O–H groups in total. The van der Waals surface area contributed by atoms with Crippen molar-refractivity contribution in [3.8, 4) is 0 Å². The van der Waals surface area contributed by atoms with Gasteiger partial charge in [0.05, 0.1) is 0 Å². The molecule has 3 fully saturated rings. The second kappa shape index (κ2) is 6.67. The molecule has 0 saturated carbocycles. The highest BCUT2D eigenvalue weighted by molar-refractivity contribution is 5.93. The van der Waals surface area contributed by atoms with Crippen LogP contribution in [0.1, 0.15) is 49.0 Å². The highest BCUT2D eigenvalue weighted by Crippen LogP contribution is 2.40. The molecule has 24 heavy (non-hydrogen) atoms. The van der Waals surface area contributed by atoms with Gasteiger partial charge in [-0.1, -0.05) is 0 Å². The predicted octanol–water partition coefficient (Wildman–Crippen LogP) is 2.11. The molecule has 0 radical (unpaired) electrons.